The van der Waals surface area contributed by atoms with Crippen molar-refractivity contribution in [3.63, 3.8) is 0 Å². The van der Waals surface area contributed by atoms with Gasteiger partial charge in [0.05, 0.1) is 4.47 Å². The molecule has 4 heteroatoms. The van der Waals surface area contributed by atoms with E-state index in [0.717, 1.165) is 10.3 Å². The summed E-state index contributed by atoms with van der Waals surface area (Å²) in [6, 6.07) is 0. The molecule has 17 heavy (non-hydrogen) atoms. The molecule has 1 aromatic heterocycles. The zero-order valence-electron chi connectivity index (χ0n) is 10.6. The molecule has 1 aliphatic rings. The van der Waals surface area contributed by atoms with Crippen LogP contribution in [0.25, 0.3) is 0 Å². The van der Waals surface area contributed by atoms with E-state index in [-0.39, 0.29) is 5.41 Å². The molecule has 1 saturated carbocycles. The van der Waals surface area contributed by atoms with Crippen molar-refractivity contribution < 1.29 is 0 Å². The molecule has 1 fully saturated rings. The minimum absolute atomic E-state index is 0.0582. The van der Waals surface area contributed by atoms with Crippen LogP contribution in [0.4, 0.5) is 0 Å². The Labute approximate surface area is 116 Å². The van der Waals surface area contributed by atoms with Crippen molar-refractivity contribution >= 4 is 28.1 Å². The Balaban J connectivity index is 2.49. The summed E-state index contributed by atoms with van der Waals surface area (Å²) in [5.74, 6) is 1.66. The van der Waals surface area contributed by atoms with Gasteiger partial charge < -0.3 is 4.98 Å². The lowest BCUT2D eigenvalue weighted by atomic mass is 9.91. The first-order valence-corrected chi connectivity index (χ1v) is 7.40. The van der Waals surface area contributed by atoms with Gasteiger partial charge in [-0.25, -0.2) is 4.98 Å². The highest BCUT2D eigenvalue weighted by molar-refractivity contribution is 9.10. The third kappa shape index (κ3) is 2.79. The number of aromatic amines is 1. The van der Waals surface area contributed by atoms with Gasteiger partial charge in [0.25, 0.3) is 0 Å². The predicted octanol–water partition coefficient (Wildman–Crippen LogP) is 4.86. The van der Waals surface area contributed by atoms with Crippen LogP contribution in [0.1, 0.15) is 63.9 Å². The van der Waals surface area contributed by atoms with E-state index < -0.39 is 0 Å². The molecule has 2 rings (SSSR count). The van der Waals surface area contributed by atoms with Gasteiger partial charge in [-0.1, -0.05) is 45.8 Å². The zero-order chi connectivity index (χ0) is 12.6. The second-order valence-corrected chi connectivity index (χ2v) is 7.03. The molecular weight excluding hydrogens is 296 g/mol. The summed E-state index contributed by atoms with van der Waals surface area (Å²) in [4.78, 5) is 8.05. The number of hydrogen-bond donors (Lipinski definition) is 1. The Morgan fingerprint density at radius 2 is 1.88 bits per heavy atom. The van der Waals surface area contributed by atoms with Crippen molar-refractivity contribution in [2.75, 3.05) is 0 Å². The van der Waals surface area contributed by atoms with Gasteiger partial charge in [-0.2, -0.15) is 0 Å². The van der Waals surface area contributed by atoms with Crippen molar-refractivity contribution in [1.82, 2.24) is 9.97 Å². The van der Waals surface area contributed by atoms with Crippen molar-refractivity contribution in [1.29, 1.82) is 0 Å². The summed E-state index contributed by atoms with van der Waals surface area (Å²) >= 11 is 8.92. The molecule has 0 aliphatic heterocycles. The Morgan fingerprint density at radius 1 is 1.29 bits per heavy atom. The van der Waals surface area contributed by atoms with E-state index >= 15 is 0 Å². The SMILES string of the molecule is CC(C)(C)c1[nH]c(C2CCCC2)nc(=S)c1Br. The fourth-order valence-corrected chi connectivity index (χ4v) is 3.37. The molecule has 94 valence electrons. The van der Waals surface area contributed by atoms with E-state index in [1.807, 2.05) is 0 Å². The molecule has 0 bridgehead atoms. The van der Waals surface area contributed by atoms with E-state index in [2.05, 4.69) is 46.7 Å². The van der Waals surface area contributed by atoms with Crippen LogP contribution in [0.15, 0.2) is 4.47 Å². The highest BCUT2D eigenvalue weighted by Crippen LogP contribution is 2.35. The summed E-state index contributed by atoms with van der Waals surface area (Å²) in [7, 11) is 0. The molecule has 1 N–H and O–H groups in total. The topological polar surface area (TPSA) is 28.7 Å². The molecule has 1 aliphatic carbocycles. The van der Waals surface area contributed by atoms with Gasteiger partial charge in [0, 0.05) is 17.0 Å². The Hall–Kier alpha value is -0.220. The van der Waals surface area contributed by atoms with Crippen molar-refractivity contribution in [3.8, 4) is 0 Å². The molecular formula is C13H19BrN2S. The largest absolute Gasteiger partial charge is 0.345 e. The van der Waals surface area contributed by atoms with Crippen molar-refractivity contribution in [2.24, 2.45) is 0 Å². The molecule has 0 unspecified atom stereocenters. The number of H-pyrrole nitrogens is 1. The van der Waals surface area contributed by atoms with Crippen molar-refractivity contribution in [3.05, 3.63) is 20.6 Å². The first-order chi connectivity index (χ1) is 7.89. The minimum Gasteiger partial charge on any atom is -0.345 e. The molecule has 0 amide bonds. The summed E-state index contributed by atoms with van der Waals surface area (Å²) in [6.07, 6.45) is 5.11. The summed E-state index contributed by atoms with van der Waals surface area (Å²) in [5, 5.41) is 0. The predicted molar refractivity (Wildman–Crippen MR) is 77.0 cm³/mol. The van der Waals surface area contributed by atoms with Gasteiger partial charge in [-0.05, 0) is 28.8 Å². The van der Waals surface area contributed by atoms with Gasteiger partial charge in [0.1, 0.15) is 10.5 Å². The maximum atomic E-state index is 5.35. The van der Waals surface area contributed by atoms with Gasteiger partial charge in [-0.3, -0.25) is 0 Å². The lowest BCUT2D eigenvalue weighted by Gasteiger charge is -2.22. The molecule has 0 saturated heterocycles. The van der Waals surface area contributed by atoms with Crippen LogP contribution in [0.5, 0.6) is 0 Å². The third-order valence-corrected chi connectivity index (χ3v) is 4.70. The average molecular weight is 315 g/mol. The van der Waals surface area contributed by atoms with Gasteiger partial charge >= 0.3 is 0 Å². The molecule has 1 aromatic rings. The lowest BCUT2D eigenvalue weighted by Crippen LogP contribution is -2.17. The highest BCUT2D eigenvalue weighted by atomic mass is 79.9. The molecule has 0 aromatic carbocycles. The summed E-state index contributed by atoms with van der Waals surface area (Å²) < 4.78 is 1.64. The van der Waals surface area contributed by atoms with Crippen LogP contribution in [0, 0.1) is 4.64 Å². The zero-order valence-corrected chi connectivity index (χ0v) is 13.0. The normalized spacial score (nSPS) is 17.6. The molecule has 2 nitrogen and oxygen atoms in total. The standard InChI is InChI=1S/C13H19BrN2S/c1-13(2,3)10-9(14)12(17)16-11(15-10)8-6-4-5-7-8/h8H,4-7H2,1-3H3,(H,15,16,17). The number of hydrogen-bond acceptors (Lipinski definition) is 2. The first kappa shape index (κ1) is 13.2. The van der Waals surface area contributed by atoms with Gasteiger partial charge in [0.15, 0.2) is 0 Å². The van der Waals surface area contributed by atoms with E-state index in [4.69, 9.17) is 12.2 Å². The van der Waals surface area contributed by atoms with Crippen LogP contribution < -0.4 is 0 Å². The van der Waals surface area contributed by atoms with Crippen LogP contribution in [-0.2, 0) is 5.41 Å². The number of nitrogens with one attached hydrogen (secondary N) is 1. The lowest BCUT2D eigenvalue weighted by molar-refractivity contribution is 0.547. The van der Waals surface area contributed by atoms with Crippen molar-refractivity contribution in [2.45, 2.75) is 57.8 Å². The van der Waals surface area contributed by atoms with Crippen LogP contribution in [0.3, 0.4) is 0 Å². The Morgan fingerprint density at radius 3 is 2.41 bits per heavy atom. The maximum Gasteiger partial charge on any atom is 0.144 e. The fourth-order valence-electron chi connectivity index (χ4n) is 2.39. The first-order valence-electron chi connectivity index (χ1n) is 6.20. The van der Waals surface area contributed by atoms with Crippen LogP contribution >= 0.6 is 28.1 Å². The van der Waals surface area contributed by atoms with Crippen LogP contribution in [-0.4, -0.2) is 9.97 Å². The number of aromatic nitrogens is 2. The van der Waals surface area contributed by atoms with E-state index in [0.29, 0.717) is 10.6 Å². The van der Waals surface area contributed by atoms with E-state index in [1.54, 1.807) is 0 Å². The van der Waals surface area contributed by atoms with Gasteiger partial charge in [0.2, 0.25) is 0 Å². The minimum atomic E-state index is 0.0582. The molecule has 0 radical (unpaired) electrons. The monoisotopic (exact) mass is 314 g/mol. The quantitative estimate of drug-likeness (QED) is 0.750. The summed E-state index contributed by atoms with van der Waals surface area (Å²) in [5.41, 5.74) is 1.22. The van der Waals surface area contributed by atoms with Crippen LogP contribution in [0.2, 0.25) is 0 Å². The van der Waals surface area contributed by atoms with E-state index in [9.17, 15) is 0 Å². The van der Waals surface area contributed by atoms with E-state index in [1.165, 1.54) is 31.4 Å². The van der Waals surface area contributed by atoms with Gasteiger partial charge in [-0.15, -0.1) is 0 Å². The smallest absolute Gasteiger partial charge is 0.144 e. The summed E-state index contributed by atoms with van der Waals surface area (Å²) in [6.45, 7) is 6.57. The third-order valence-electron chi connectivity index (χ3n) is 3.37. The average Bonchev–Trinajstić information content (AvgIpc) is 2.73. The fraction of sp³-hybridized carbons (Fsp3) is 0.692. The second kappa shape index (κ2) is 4.81. The molecule has 0 atom stereocenters. The number of halogens is 1. The second-order valence-electron chi connectivity index (χ2n) is 5.85. The molecule has 0 spiro atoms. The Bertz CT molecular complexity index is 467. The number of rotatable bonds is 1. The number of nitrogens with zero attached hydrogens (tertiary/aromatic N) is 1. The molecule has 1 heterocycles. The highest BCUT2D eigenvalue weighted by Gasteiger charge is 2.24. The maximum absolute atomic E-state index is 5.35. The Kier molecular flexibility index (Phi) is 3.74.